The Hall–Kier alpha value is -1.98. The maximum absolute atomic E-state index is 11.0. The third-order valence-corrected chi connectivity index (χ3v) is 2.86. The predicted octanol–water partition coefficient (Wildman–Crippen LogP) is 1.68. The van der Waals surface area contributed by atoms with E-state index in [1.54, 1.807) is 24.3 Å². The molecule has 0 saturated heterocycles. The molecule has 1 heterocycles. The van der Waals surface area contributed by atoms with E-state index in [1.807, 2.05) is 0 Å². The number of aliphatic hydroxyl groups is 2. The molecule has 2 aromatic rings. The minimum Gasteiger partial charge on any atom is -0.477 e. The fraction of sp³-hybridized carbons (Fsp3) is 0.214. The molecule has 0 aliphatic rings. The molecular formula is C14H14NO4. The van der Waals surface area contributed by atoms with Gasteiger partial charge in [-0.05, 0) is 17.9 Å². The minimum absolute atomic E-state index is 0.0208. The average molecular weight is 260 g/mol. The molecule has 0 aliphatic carbocycles. The Morgan fingerprint density at radius 1 is 1.32 bits per heavy atom. The van der Waals surface area contributed by atoms with E-state index in [2.05, 4.69) is 11.9 Å². The van der Waals surface area contributed by atoms with E-state index in [0.29, 0.717) is 17.2 Å². The molecule has 1 aromatic heterocycles. The first-order valence-electron chi connectivity index (χ1n) is 5.83. The van der Waals surface area contributed by atoms with Gasteiger partial charge in [-0.25, -0.2) is 9.78 Å². The number of carboxylic acid groups (broad SMARTS) is 1. The van der Waals surface area contributed by atoms with E-state index in [4.69, 9.17) is 5.11 Å². The lowest BCUT2D eigenvalue weighted by Crippen LogP contribution is -2.27. The van der Waals surface area contributed by atoms with Gasteiger partial charge in [0.25, 0.3) is 0 Å². The van der Waals surface area contributed by atoms with Gasteiger partial charge in [-0.3, -0.25) is 0 Å². The monoisotopic (exact) mass is 260 g/mol. The van der Waals surface area contributed by atoms with Crippen LogP contribution in [-0.4, -0.2) is 26.3 Å². The summed E-state index contributed by atoms with van der Waals surface area (Å²) >= 11 is 0. The second-order valence-corrected chi connectivity index (χ2v) is 4.30. The van der Waals surface area contributed by atoms with E-state index < -0.39 is 11.8 Å². The van der Waals surface area contributed by atoms with E-state index in [-0.39, 0.29) is 17.8 Å². The Kier molecular flexibility index (Phi) is 3.50. The first kappa shape index (κ1) is 13.5. The number of carboxylic acids is 1. The third kappa shape index (κ3) is 2.57. The zero-order valence-electron chi connectivity index (χ0n) is 10.2. The van der Waals surface area contributed by atoms with Gasteiger partial charge in [0.2, 0.25) is 5.79 Å². The van der Waals surface area contributed by atoms with Crippen molar-refractivity contribution in [3.05, 3.63) is 48.6 Å². The normalized spacial score (nSPS) is 11.7. The Morgan fingerprint density at radius 3 is 2.63 bits per heavy atom. The molecule has 0 fully saturated rings. The lowest BCUT2D eigenvalue weighted by molar-refractivity contribution is -0.175. The highest BCUT2D eigenvalue weighted by atomic mass is 16.5. The van der Waals surface area contributed by atoms with E-state index in [1.165, 1.54) is 6.07 Å². The van der Waals surface area contributed by atoms with Crippen LogP contribution in [0.15, 0.2) is 30.3 Å². The fourth-order valence-corrected chi connectivity index (χ4v) is 1.98. The number of nitrogens with zero attached hydrogens (tertiary/aromatic N) is 1. The molecule has 5 nitrogen and oxygen atoms in total. The summed E-state index contributed by atoms with van der Waals surface area (Å²) in [5, 5.41) is 30.2. The van der Waals surface area contributed by atoms with Gasteiger partial charge in [-0.1, -0.05) is 31.2 Å². The van der Waals surface area contributed by atoms with E-state index >= 15 is 0 Å². The predicted molar refractivity (Wildman–Crippen MR) is 69.4 cm³/mol. The fourth-order valence-electron chi connectivity index (χ4n) is 1.98. The quantitative estimate of drug-likeness (QED) is 0.728. The van der Waals surface area contributed by atoms with Crippen LogP contribution >= 0.6 is 0 Å². The van der Waals surface area contributed by atoms with E-state index in [0.717, 1.165) is 0 Å². The number of fused-ring (bicyclic) bond motifs is 1. The van der Waals surface area contributed by atoms with Crippen LogP contribution in [0.25, 0.3) is 10.8 Å². The Labute approximate surface area is 110 Å². The molecule has 0 unspecified atom stereocenters. The maximum Gasteiger partial charge on any atom is 0.354 e. The summed E-state index contributed by atoms with van der Waals surface area (Å²) in [6.45, 7) is 3.57. The molecular weight excluding hydrogens is 246 g/mol. The first-order valence-corrected chi connectivity index (χ1v) is 5.83. The van der Waals surface area contributed by atoms with Gasteiger partial charge in [-0.15, -0.1) is 0 Å². The van der Waals surface area contributed by atoms with Crippen LogP contribution in [0.4, 0.5) is 0 Å². The number of pyridine rings is 1. The van der Waals surface area contributed by atoms with Crippen molar-refractivity contribution in [2.45, 2.75) is 18.6 Å². The molecule has 0 spiro atoms. The summed E-state index contributed by atoms with van der Waals surface area (Å²) < 4.78 is 0. The number of rotatable bonds is 4. The SMILES string of the molecule is [CH2]CCC(O)(O)c1nc(C(=O)O)cc2ccccc12. The number of aromatic carboxylic acids is 1. The highest BCUT2D eigenvalue weighted by Gasteiger charge is 2.29. The zero-order valence-corrected chi connectivity index (χ0v) is 10.2. The van der Waals surface area contributed by atoms with Gasteiger partial charge in [0, 0.05) is 11.8 Å². The van der Waals surface area contributed by atoms with Crippen LogP contribution in [-0.2, 0) is 5.79 Å². The number of aromatic nitrogens is 1. The minimum atomic E-state index is -2.19. The molecule has 19 heavy (non-hydrogen) atoms. The Balaban J connectivity index is 2.73. The van der Waals surface area contributed by atoms with Gasteiger partial charge in [0.1, 0.15) is 11.4 Å². The standard InChI is InChI=1S/C14H14NO4/c1-2-7-14(18,19)12-10-6-4-3-5-9(10)8-11(15-12)13(16)17/h3-6,8,18-19H,1-2,7H2,(H,16,17). The highest BCUT2D eigenvalue weighted by Crippen LogP contribution is 2.29. The molecule has 0 amide bonds. The third-order valence-electron chi connectivity index (χ3n) is 2.86. The molecule has 1 aromatic carbocycles. The molecule has 5 heteroatoms. The van der Waals surface area contributed by atoms with Crippen molar-refractivity contribution in [1.82, 2.24) is 4.98 Å². The van der Waals surface area contributed by atoms with Crippen molar-refractivity contribution in [3.63, 3.8) is 0 Å². The summed E-state index contributed by atoms with van der Waals surface area (Å²) in [6, 6.07) is 8.26. The van der Waals surface area contributed by atoms with Crippen LogP contribution in [0, 0.1) is 6.92 Å². The number of hydrogen-bond donors (Lipinski definition) is 3. The van der Waals surface area contributed by atoms with Crippen LogP contribution in [0.1, 0.15) is 29.0 Å². The van der Waals surface area contributed by atoms with Gasteiger partial charge < -0.3 is 15.3 Å². The second-order valence-electron chi connectivity index (χ2n) is 4.30. The largest absolute Gasteiger partial charge is 0.477 e. The average Bonchev–Trinajstić information content (AvgIpc) is 2.37. The highest BCUT2D eigenvalue weighted by molar-refractivity contribution is 5.93. The summed E-state index contributed by atoms with van der Waals surface area (Å²) in [5.74, 6) is -3.40. The zero-order chi connectivity index (χ0) is 14.0. The van der Waals surface area contributed by atoms with Crippen LogP contribution in [0.3, 0.4) is 0 Å². The van der Waals surface area contributed by atoms with Crippen molar-refractivity contribution in [2.24, 2.45) is 0 Å². The Bertz CT molecular complexity index is 622. The molecule has 0 bridgehead atoms. The number of benzene rings is 1. The van der Waals surface area contributed by atoms with Crippen LogP contribution in [0.2, 0.25) is 0 Å². The van der Waals surface area contributed by atoms with Gasteiger partial charge in [0.05, 0.1) is 0 Å². The van der Waals surface area contributed by atoms with Crippen LogP contribution < -0.4 is 0 Å². The number of carbonyl (C=O) groups is 1. The lowest BCUT2D eigenvalue weighted by atomic mass is 10.00. The van der Waals surface area contributed by atoms with Crippen molar-refractivity contribution in [3.8, 4) is 0 Å². The van der Waals surface area contributed by atoms with Crippen molar-refractivity contribution in [2.75, 3.05) is 0 Å². The molecule has 3 N–H and O–H groups in total. The summed E-state index contributed by atoms with van der Waals surface area (Å²) in [7, 11) is 0. The summed E-state index contributed by atoms with van der Waals surface area (Å²) in [5.41, 5.74) is -0.267. The van der Waals surface area contributed by atoms with Crippen LogP contribution in [0.5, 0.6) is 0 Å². The van der Waals surface area contributed by atoms with Crippen molar-refractivity contribution >= 4 is 16.7 Å². The lowest BCUT2D eigenvalue weighted by Gasteiger charge is -2.22. The van der Waals surface area contributed by atoms with Crippen molar-refractivity contribution < 1.29 is 20.1 Å². The smallest absolute Gasteiger partial charge is 0.354 e. The topological polar surface area (TPSA) is 90.7 Å². The molecule has 1 radical (unpaired) electrons. The van der Waals surface area contributed by atoms with Crippen molar-refractivity contribution in [1.29, 1.82) is 0 Å². The Morgan fingerprint density at radius 2 is 2.00 bits per heavy atom. The second kappa shape index (κ2) is 4.95. The van der Waals surface area contributed by atoms with Gasteiger partial charge in [-0.2, -0.15) is 0 Å². The molecule has 0 saturated carbocycles. The van der Waals surface area contributed by atoms with Gasteiger partial charge >= 0.3 is 5.97 Å². The van der Waals surface area contributed by atoms with E-state index in [9.17, 15) is 15.0 Å². The molecule has 0 atom stereocenters. The molecule has 99 valence electrons. The molecule has 2 rings (SSSR count). The first-order chi connectivity index (χ1) is 8.95. The summed E-state index contributed by atoms with van der Waals surface area (Å²) in [6.07, 6.45) is 0.271. The maximum atomic E-state index is 11.0. The summed E-state index contributed by atoms with van der Waals surface area (Å²) in [4.78, 5) is 14.9. The molecule has 0 aliphatic heterocycles. The number of hydrogen-bond acceptors (Lipinski definition) is 4. The van der Waals surface area contributed by atoms with Gasteiger partial charge in [0.15, 0.2) is 0 Å².